The van der Waals surface area contributed by atoms with Gasteiger partial charge < -0.3 is 28.4 Å². The Kier molecular flexibility index (Phi) is 25.3. The summed E-state index contributed by atoms with van der Waals surface area (Å²) in [5, 5.41) is 0. The first-order chi connectivity index (χ1) is 16.6. The van der Waals surface area contributed by atoms with E-state index in [-0.39, 0.29) is 0 Å². The molecule has 0 aromatic carbocycles. The summed E-state index contributed by atoms with van der Waals surface area (Å²) in [6.45, 7) is 15.4. The zero-order valence-electron chi connectivity index (χ0n) is 22.4. The van der Waals surface area contributed by atoms with Gasteiger partial charge in [-0.15, -0.1) is 0 Å². The predicted molar refractivity (Wildman–Crippen MR) is 152 cm³/mol. The topological polar surface area (TPSA) is 55.4 Å². The Bertz CT molecular complexity index is 362. The van der Waals surface area contributed by atoms with Gasteiger partial charge in [-0.1, -0.05) is 34.4 Å². The van der Waals surface area contributed by atoms with Crippen LogP contribution in [0.4, 0.5) is 0 Å². The van der Waals surface area contributed by atoms with Crippen LogP contribution in [0, 0.1) is 0 Å². The van der Waals surface area contributed by atoms with E-state index in [2.05, 4.69) is 0 Å². The van der Waals surface area contributed by atoms with Crippen molar-refractivity contribution in [3.63, 3.8) is 0 Å². The lowest BCUT2D eigenvalue weighted by Gasteiger charge is -2.32. The van der Waals surface area contributed by atoms with Crippen LogP contribution in [-0.4, -0.2) is 63.1 Å². The summed E-state index contributed by atoms with van der Waals surface area (Å²) in [6.07, 6.45) is 8.38. The standard InChI is InChI=1S/C24H50O6S4/c1-7-25-23(26-8-2,27-9-3)19-15-13-17-21-31-33-34-32-22-18-14-16-20-24(28-10-4,29-11-5)30-12-6/h7-22H2,1-6H3. The largest absolute Gasteiger partial charge is 0.328 e. The maximum absolute atomic E-state index is 5.79. The van der Waals surface area contributed by atoms with E-state index in [0.29, 0.717) is 39.6 Å². The van der Waals surface area contributed by atoms with Crippen molar-refractivity contribution in [2.24, 2.45) is 0 Å². The van der Waals surface area contributed by atoms with Crippen LogP contribution >= 0.6 is 41.2 Å². The summed E-state index contributed by atoms with van der Waals surface area (Å²) in [5.74, 6) is 0.613. The minimum atomic E-state index is -0.858. The summed E-state index contributed by atoms with van der Waals surface area (Å²) < 4.78 is 34.7. The van der Waals surface area contributed by atoms with E-state index in [1.54, 1.807) is 0 Å². The van der Waals surface area contributed by atoms with Crippen molar-refractivity contribution in [2.45, 2.75) is 105 Å². The molecule has 0 rings (SSSR count). The molecule has 34 heavy (non-hydrogen) atoms. The Morgan fingerprint density at radius 1 is 0.412 bits per heavy atom. The minimum Gasteiger partial charge on any atom is -0.328 e. The van der Waals surface area contributed by atoms with Crippen molar-refractivity contribution in [1.82, 2.24) is 0 Å². The van der Waals surface area contributed by atoms with Gasteiger partial charge in [-0.3, -0.25) is 0 Å². The predicted octanol–water partition coefficient (Wildman–Crippen LogP) is 8.31. The molecule has 0 atom stereocenters. The van der Waals surface area contributed by atoms with Crippen molar-refractivity contribution in [3.05, 3.63) is 0 Å². The van der Waals surface area contributed by atoms with Gasteiger partial charge in [0.15, 0.2) is 0 Å². The molecule has 0 amide bonds. The number of hydrogen-bond acceptors (Lipinski definition) is 10. The van der Waals surface area contributed by atoms with Gasteiger partial charge in [0.25, 0.3) is 11.9 Å². The van der Waals surface area contributed by atoms with Crippen LogP contribution in [0.15, 0.2) is 0 Å². The van der Waals surface area contributed by atoms with Crippen LogP contribution in [-0.2, 0) is 28.4 Å². The first-order valence-corrected chi connectivity index (χ1v) is 18.1. The summed E-state index contributed by atoms with van der Waals surface area (Å²) in [5.41, 5.74) is 0. The maximum Gasteiger partial charge on any atom is 0.282 e. The van der Waals surface area contributed by atoms with Crippen molar-refractivity contribution < 1.29 is 28.4 Å². The summed E-state index contributed by atoms with van der Waals surface area (Å²) in [6, 6.07) is 0. The average Bonchev–Trinajstić information content (AvgIpc) is 2.80. The molecule has 0 unspecified atom stereocenters. The summed E-state index contributed by atoms with van der Waals surface area (Å²) in [4.78, 5) is 0. The molecule has 0 spiro atoms. The molecule has 0 fully saturated rings. The zero-order chi connectivity index (χ0) is 25.4. The highest BCUT2D eigenvalue weighted by molar-refractivity contribution is 9.26. The molecule has 0 aliphatic carbocycles. The highest BCUT2D eigenvalue weighted by Gasteiger charge is 2.32. The second-order valence-corrected chi connectivity index (χ2v) is 13.6. The molecule has 0 aromatic rings. The fraction of sp³-hybridized carbons (Fsp3) is 1.00. The number of ether oxygens (including phenoxy) is 6. The van der Waals surface area contributed by atoms with Crippen molar-refractivity contribution in [1.29, 1.82) is 0 Å². The molecule has 0 heterocycles. The first-order valence-electron chi connectivity index (χ1n) is 13.0. The normalized spacial score (nSPS) is 12.5. The fourth-order valence-corrected chi connectivity index (χ4v) is 9.73. The van der Waals surface area contributed by atoms with Crippen LogP contribution in [0.25, 0.3) is 0 Å². The van der Waals surface area contributed by atoms with E-state index in [9.17, 15) is 0 Å². The van der Waals surface area contributed by atoms with Gasteiger partial charge in [-0.25, -0.2) is 0 Å². The Labute approximate surface area is 225 Å². The summed E-state index contributed by atoms with van der Waals surface area (Å²) >= 11 is 0. The molecule has 6 nitrogen and oxygen atoms in total. The lowest BCUT2D eigenvalue weighted by atomic mass is 10.2. The van der Waals surface area contributed by atoms with Crippen LogP contribution < -0.4 is 0 Å². The number of rotatable bonds is 27. The van der Waals surface area contributed by atoms with Crippen LogP contribution in [0.3, 0.4) is 0 Å². The van der Waals surface area contributed by atoms with E-state index in [0.717, 1.165) is 50.0 Å². The van der Waals surface area contributed by atoms with Crippen molar-refractivity contribution >= 4 is 41.2 Å². The number of unbranched alkanes of at least 4 members (excludes halogenated alkanes) is 4. The fourth-order valence-electron chi connectivity index (χ4n) is 3.47. The molecule has 0 aliphatic heterocycles. The van der Waals surface area contributed by atoms with Crippen LogP contribution in [0.1, 0.15) is 92.9 Å². The molecule has 0 aromatic heterocycles. The molecule has 0 radical (unpaired) electrons. The van der Waals surface area contributed by atoms with Gasteiger partial charge in [0.1, 0.15) is 0 Å². The molecule has 0 saturated carbocycles. The molecule has 10 heteroatoms. The molecule has 0 N–H and O–H groups in total. The lowest BCUT2D eigenvalue weighted by molar-refractivity contribution is -0.380. The van der Waals surface area contributed by atoms with Gasteiger partial charge in [0, 0.05) is 64.0 Å². The van der Waals surface area contributed by atoms with Crippen LogP contribution in [0.5, 0.6) is 0 Å². The van der Waals surface area contributed by atoms with E-state index < -0.39 is 11.9 Å². The zero-order valence-corrected chi connectivity index (χ0v) is 25.7. The molecule has 0 aliphatic rings. The second-order valence-electron chi connectivity index (χ2n) is 7.37. The van der Waals surface area contributed by atoms with Gasteiger partial charge in [-0.2, -0.15) is 0 Å². The maximum atomic E-state index is 5.79. The average molecular weight is 563 g/mol. The highest BCUT2D eigenvalue weighted by atomic mass is 33.7. The van der Waals surface area contributed by atoms with E-state index in [4.69, 9.17) is 28.4 Å². The van der Waals surface area contributed by atoms with Crippen molar-refractivity contribution in [2.75, 3.05) is 51.1 Å². The third kappa shape index (κ3) is 17.6. The third-order valence-corrected chi connectivity index (χ3v) is 11.4. The lowest BCUT2D eigenvalue weighted by Crippen LogP contribution is -2.39. The van der Waals surface area contributed by atoms with Crippen molar-refractivity contribution in [3.8, 4) is 0 Å². The number of hydrogen-bond donors (Lipinski definition) is 0. The van der Waals surface area contributed by atoms with Gasteiger partial charge in [0.2, 0.25) is 0 Å². The minimum absolute atomic E-state index is 0.593. The van der Waals surface area contributed by atoms with E-state index in [1.807, 2.05) is 82.8 Å². The summed E-state index contributed by atoms with van der Waals surface area (Å²) in [7, 11) is 7.67. The molecule has 0 bridgehead atoms. The van der Waals surface area contributed by atoms with Crippen LogP contribution in [0.2, 0.25) is 0 Å². The smallest absolute Gasteiger partial charge is 0.282 e. The second kappa shape index (κ2) is 24.5. The van der Waals surface area contributed by atoms with E-state index in [1.165, 1.54) is 12.8 Å². The quantitative estimate of drug-likeness (QED) is 0.0555. The Morgan fingerprint density at radius 3 is 0.971 bits per heavy atom. The Hall–Kier alpha value is 1.16. The van der Waals surface area contributed by atoms with Gasteiger partial charge >= 0.3 is 0 Å². The third-order valence-electron chi connectivity index (χ3n) is 4.73. The van der Waals surface area contributed by atoms with Gasteiger partial charge in [-0.05, 0) is 86.9 Å². The molecular formula is C24H50O6S4. The SMILES string of the molecule is CCOC(CCCCCSSSSCCCCCC(OCC)(OCC)OCC)(OCC)OCC. The Morgan fingerprint density at radius 2 is 0.706 bits per heavy atom. The molecule has 206 valence electrons. The van der Waals surface area contributed by atoms with E-state index >= 15 is 0 Å². The Balaban J connectivity index is 3.75. The molecule has 0 saturated heterocycles. The monoisotopic (exact) mass is 562 g/mol. The first kappa shape index (κ1) is 35.2. The van der Waals surface area contributed by atoms with Gasteiger partial charge in [0.05, 0.1) is 0 Å². The molecular weight excluding hydrogens is 513 g/mol. The highest BCUT2D eigenvalue weighted by Crippen LogP contribution is 2.43.